The number of ether oxygens (including phenoxy) is 2. The van der Waals surface area contributed by atoms with Gasteiger partial charge in [-0.05, 0) is 53.3 Å². The predicted octanol–water partition coefficient (Wildman–Crippen LogP) is 5.70. The number of carbonyl (C=O) groups excluding carboxylic acids is 2. The Morgan fingerprint density at radius 2 is 1.53 bits per heavy atom. The van der Waals surface area contributed by atoms with Crippen LogP contribution in [0.2, 0.25) is 5.02 Å². The lowest BCUT2D eigenvalue weighted by Crippen LogP contribution is -2.51. The Bertz CT molecular complexity index is 1180. The van der Waals surface area contributed by atoms with E-state index in [1.807, 2.05) is 74.5 Å². The number of halogens is 1. The zero-order valence-corrected chi connectivity index (χ0v) is 23.3. The predicted molar refractivity (Wildman–Crippen MR) is 152 cm³/mol. The van der Waals surface area contributed by atoms with E-state index < -0.39 is 6.04 Å². The van der Waals surface area contributed by atoms with Crippen molar-refractivity contribution in [1.29, 1.82) is 0 Å². The van der Waals surface area contributed by atoms with Crippen LogP contribution in [0.1, 0.15) is 37.0 Å². The van der Waals surface area contributed by atoms with Gasteiger partial charge in [0, 0.05) is 31.0 Å². The number of methoxy groups -OCH3 is 2. The van der Waals surface area contributed by atoms with Gasteiger partial charge in [0.25, 0.3) is 0 Å². The molecule has 0 aliphatic heterocycles. The summed E-state index contributed by atoms with van der Waals surface area (Å²) in [5.74, 6) is 1.29. The van der Waals surface area contributed by atoms with Gasteiger partial charge >= 0.3 is 0 Å². The van der Waals surface area contributed by atoms with E-state index in [9.17, 15) is 9.59 Å². The number of rotatable bonds is 13. The molecule has 1 atom stereocenters. The van der Waals surface area contributed by atoms with Crippen molar-refractivity contribution >= 4 is 23.4 Å². The van der Waals surface area contributed by atoms with Crippen molar-refractivity contribution in [1.82, 2.24) is 10.2 Å². The molecule has 0 fully saturated rings. The van der Waals surface area contributed by atoms with Gasteiger partial charge in [0.1, 0.15) is 6.04 Å². The molecule has 0 bridgehead atoms. The van der Waals surface area contributed by atoms with E-state index in [-0.39, 0.29) is 18.2 Å². The highest BCUT2D eigenvalue weighted by molar-refractivity contribution is 6.30. The Morgan fingerprint density at radius 1 is 0.868 bits per heavy atom. The van der Waals surface area contributed by atoms with E-state index in [1.54, 1.807) is 31.3 Å². The average molecular weight is 537 g/mol. The van der Waals surface area contributed by atoms with Gasteiger partial charge in [-0.2, -0.15) is 0 Å². The van der Waals surface area contributed by atoms with E-state index in [1.165, 1.54) is 0 Å². The number of carbonyl (C=O) groups is 2. The summed E-state index contributed by atoms with van der Waals surface area (Å²) in [7, 11) is 3.18. The van der Waals surface area contributed by atoms with Crippen molar-refractivity contribution in [2.24, 2.45) is 5.92 Å². The summed E-state index contributed by atoms with van der Waals surface area (Å²) in [5.41, 5.74) is 2.85. The lowest BCUT2D eigenvalue weighted by Gasteiger charge is -2.32. The van der Waals surface area contributed by atoms with Crippen molar-refractivity contribution in [2.45, 2.75) is 45.7 Å². The first-order valence-corrected chi connectivity index (χ1v) is 13.2. The molecule has 0 heterocycles. The van der Waals surface area contributed by atoms with Gasteiger partial charge in [-0.25, -0.2) is 0 Å². The maximum atomic E-state index is 13.8. The lowest BCUT2D eigenvalue weighted by atomic mass is 10.0. The van der Waals surface area contributed by atoms with Gasteiger partial charge in [-0.1, -0.05) is 74.0 Å². The van der Waals surface area contributed by atoms with Crippen LogP contribution in [0.15, 0.2) is 72.8 Å². The van der Waals surface area contributed by atoms with Gasteiger partial charge in [0.15, 0.2) is 11.5 Å². The van der Waals surface area contributed by atoms with Crippen LogP contribution < -0.4 is 14.8 Å². The highest BCUT2D eigenvalue weighted by atomic mass is 35.5. The summed E-state index contributed by atoms with van der Waals surface area (Å²) in [4.78, 5) is 29.0. The standard InChI is InChI=1S/C31H37ClN2O4/c1-22(2)20-33-31(36)27(18-23-8-6-5-7-9-23)34(21-25-10-14-26(32)15-11-25)30(35)17-13-24-12-16-28(37-3)29(19-24)38-4/h5-12,14-16,19,22,27H,13,17-18,20-21H2,1-4H3,(H,33,36)/t27-/m1/s1. The van der Waals surface area contributed by atoms with E-state index >= 15 is 0 Å². The summed E-state index contributed by atoms with van der Waals surface area (Å²) in [6, 6.07) is 22.2. The number of benzene rings is 3. The second-order valence-corrected chi connectivity index (χ2v) is 10.1. The minimum Gasteiger partial charge on any atom is -0.493 e. The van der Waals surface area contributed by atoms with E-state index in [4.69, 9.17) is 21.1 Å². The molecule has 0 aliphatic rings. The van der Waals surface area contributed by atoms with Crippen LogP contribution >= 0.6 is 11.6 Å². The Labute approximate surface area is 230 Å². The molecule has 0 unspecified atom stereocenters. The summed E-state index contributed by atoms with van der Waals surface area (Å²) < 4.78 is 10.7. The maximum Gasteiger partial charge on any atom is 0.243 e. The Balaban J connectivity index is 1.89. The fraction of sp³-hybridized carbons (Fsp3) is 0.355. The fourth-order valence-corrected chi connectivity index (χ4v) is 4.32. The second-order valence-electron chi connectivity index (χ2n) is 9.68. The molecule has 0 radical (unpaired) electrons. The van der Waals surface area contributed by atoms with Gasteiger partial charge in [-0.3, -0.25) is 9.59 Å². The number of hydrogen-bond donors (Lipinski definition) is 1. The molecule has 2 amide bonds. The first-order chi connectivity index (χ1) is 18.3. The Morgan fingerprint density at radius 3 is 2.16 bits per heavy atom. The highest BCUT2D eigenvalue weighted by Crippen LogP contribution is 2.28. The number of nitrogens with one attached hydrogen (secondary N) is 1. The zero-order valence-electron chi connectivity index (χ0n) is 22.6. The molecule has 6 nitrogen and oxygen atoms in total. The number of hydrogen-bond acceptors (Lipinski definition) is 4. The van der Waals surface area contributed by atoms with Crippen LogP contribution in [-0.2, 0) is 29.0 Å². The summed E-state index contributed by atoms with van der Waals surface area (Å²) >= 11 is 6.10. The normalized spacial score (nSPS) is 11.6. The van der Waals surface area contributed by atoms with Crippen LogP contribution in [0, 0.1) is 5.92 Å². The fourth-order valence-electron chi connectivity index (χ4n) is 4.19. The molecule has 38 heavy (non-hydrogen) atoms. The molecule has 3 aromatic carbocycles. The van der Waals surface area contributed by atoms with Crippen LogP contribution in [0.4, 0.5) is 0 Å². The van der Waals surface area contributed by atoms with Crippen LogP contribution in [0.3, 0.4) is 0 Å². The summed E-state index contributed by atoms with van der Waals surface area (Å²) in [5, 5.41) is 3.67. The zero-order chi connectivity index (χ0) is 27.5. The number of amides is 2. The quantitative estimate of drug-likeness (QED) is 0.304. The van der Waals surface area contributed by atoms with E-state index in [2.05, 4.69) is 5.32 Å². The highest BCUT2D eigenvalue weighted by Gasteiger charge is 2.30. The number of nitrogens with zero attached hydrogens (tertiary/aromatic N) is 1. The third-order valence-electron chi connectivity index (χ3n) is 6.30. The van der Waals surface area contributed by atoms with Crippen LogP contribution in [-0.4, -0.2) is 43.5 Å². The minimum atomic E-state index is -0.662. The third-order valence-corrected chi connectivity index (χ3v) is 6.55. The largest absolute Gasteiger partial charge is 0.493 e. The molecule has 0 saturated heterocycles. The van der Waals surface area contributed by atoms with Crippen molar-refractivity contribution in [3.05, 3.63) is 94.5 Å². The average Bonchev–Trinajstić information content (AvgIpc) is 2.93. The maximum absolute atomic E-state index is 13.8. The van der Waals surface area contributed by atoms with Crippen LogP contribution in [0.5, 0.6) is 11.5 Å². The Hall–Kier alpha value is -3.51. The van der Waals surface area contributed by atoms with Crippen molar-refractivity contribution < 1.29 is 19.1 Å². The molecule has 3 rings (SSSR count). The van der Waals surface area contributed by atoms with Gasteiger partial charge < -0.3 is 19.7 Å². The van der Waals surface area contributed by atoms with Crippen molar-refractivity contribution in [3.63, 3.8) is 0 Å². The number of aryl methyl sites for hydroxylation is 1. The van der Waals surface area contributed by atoms with Gasteiger partial charge in [0.2, 0.25) is 11.8 Å². The minimum absolute atomic E-state index is 0.102. The summed E-state index contributed by atoms with van der Waals surface area (Å²) in [6.07, 6.45) is 1.16. The SMILES string of the molecule is COc1ccc(CCC(=O)N(Cc2ccc(Cl)cc2)[C@H](Cc2ccccc2)C(=O)NCC(C)C)cc1OC. The molecule has 7 heteroatoms. The Kier molecular flexibility index (Phi) is 11.0. The van der Waals surface area contributed by atoms with Crippen molar-refractivity contribution in [2.75, 3.05) is 20.8 Å². The topological polar surface area (TPSA) is 67.9 Å². The molecule has 202 valence electrons. The molecular formula is C31H37ClN2O4. The monoisotopic (exact) mass is 536 g/mol. The third kappa shape index (κ3) is 8.52. The molecule has 0 saturated carbocycles. The van der Waals surface area contributed by atoms with Gasteiger partial charge in [-0.15, -0.1) is 0 Å². The molecule has 0 aromatic heterocycles. The van der Waals surface area contributed by atoms with E-state index in [0.717, 1.165) is 16.7 Å². The molecule has 0 spiro atoms. The molecule has 3 aromatic rings. The molecular weight excluding hydrogens is 500 g/mol. The van der Waals surface area contributed by atoms with Crippen molar-refractivity contribution in [3.8, 4) is 11.5 Å². The molecule has 1 N–H and O–H groups in total. The van der Waals surface area contributed by atoms with Crippen LogP contribution in [0.25, 0.3) is 0 Å². The second kappa shape index (κ2) is 14.4. The lowest BCUT2D eigenvalue weighted by molar-refractivity contribution is -0.141. The van der Waals surface area contributed by atoms with Gasteiger partial charge in [0.05, 0.1) is 14.2 Å². The molecule has 0 aliphatic carbocycles. The van der Waals surface area contributed by atoms with E-state index in [0.29, 0.717) is 48.4 Å². The first-order valence-electron chi connectivity index (χ1n) is 12.9. The first kappa shape index (κ1) is 29.1. The summed E-state index contributed by atoms with van der Waals surface area (Å²) in [6.45, 7) is 4.94. The smallest absolute Gasteiger partial charge is 0.243 e.